The molecule has 1 amide bonds. The van der Waals surface area contributed by atoms with Gasteiger partial charge in [0, 0.05) is 23.8 Å². The maximum Gasteiger partial charge on any atom is 0.228 e. The van der Waals surface area contributed by atoms with Gasteiger partial charge in [0.25, 0.3) is 0 Å². The van der Waals surface area contributed by atoms with Crippen molar-refractivity contribution >= 4 is 23.1 Å². The number of halogens is 1. The first-order valence-corrected chi connectivity index (χ1v) is 8.91. The molecule has 0 saturated heterocycles. The van der Waals surface area contributed by atoms with Gasteiger partial charge in [-0.2, -0.15) is 5.10 Å². The third kappa shape index (κ3) is 4.62. The van der Waals surface area contributed by atoms with Crippen LogP contribution in [0.4, 0.5) is 21.6 Å². The summed E-state index contributed by atoms with van der Waals surface area (Å²) >= 11 is 0. The molecule has 2 heterocycles. The number of hydrogen-bond donors (Lipinski definition) is 2. The molecule has 29 heavy (non-hydrogen) atoms. The second kappa shape index (κ2) is 8.30. The molecular formula is C21H17FN6O. The van der Waals surface area contributed by atoms with Crippen LogP contribution in [0.2, 0.25) is 0 Å². The van der Waals surface area contributed by atoms with Gasteiger partial charge in [-0.15, -0.1) is 10.2 Å². The number of carbonyl (C=O) groups is 1. The number of hydrogen-bond acceptors (Lipinski definition) is 5. The molecule has 0 fully saturated rings. The van der Waals surface area contributed by atoms with Crippen LogP contribution in [0, 0.1) is 5.82 Å². The smallest absolute Gasteiger partial charge is 0.228 e. The quantitative estimate of drug-likeness (QED) is 0.526. The van der Waals surface area contributed by atoms with Crippen molar-refractivity contribution in [2.45, 2.75) is 6.42 Å². The molecule has 0 aliphatic rings. The van der Waals surface area contributed by atoms with Crippen molar-refractivity contribution in [2.24, 2.45) is 0 Å². The van der Waals surface area contributed by atoms with Crippen molar-refractivity contribution in [1.29, 1.82) is 0 Å². The molecule has 0 atom stereocenters. The number of rotatable bonds is 6. The summed E-state index contributed by atoms with van der Waals surface area (Å²) in [5, 5.41) is 18.3. The maximum absolute atomic E-state index is 13.6. The zero-order valence-corrected chi connectivity index (χ0v) is 15.3. The summed E-state index contributed by atoms with van der Waals surface area (Å²) in [5.41, 5.74) is 1.77. The number of amides is 1. The van der Waals surface area contributed by atoms with Crippen molar-refractivity contribution in [3.63, 3.8) is 0 Å². The average molecular weight is 388 g/mol. The Morgan fingerprint density at radius 1 is 0.931 bits per heavy atom. The van der Waals surface area contributed by atoms with Crippen LogP contribution in [0.5, 0.6) is 0 Å². The van der Waals surface area contributed by atoms with Crippen molar-refractivity contribution in [2.75, 3.05) is 10.6 Å². The van der Waals surface area contributed by atoms with Crippen LogP contribution in [-0.4, -0.2) is 25.9 Å². The highest BCUT2D eigenvalue weighted by Gasteiger charge is 2.08. The molecule has 0 aliphatic carbocycles. The topological polar surface area (TPSA) is 84.7 Å². The lowest BCUT2D eigenvalue weighted by molar-refractivity contribution is -0.115. The van der Waals surface area contributed by atoms with Gasteiger partial charge in [0.05, 0.1) is 6.42 Å². The van der Waals surface area contributed by atoms with Gasteiger partial charge in [0.1, 0.15) is 5.82 Å². The highest BCUT2D eigenvalue weighted by atomic mass is 19.1. The van der Waals surface area contributed by atoms with Crippen LogP contribution in [0.15, 0.2) is 79.1 Å². The van der Waals surface area contributed by atoms with E-state index in [0.29, 0.717) is 22.9 Å². The Bertz CT molecular complexity index is 1090. The predicted octanol–water partition coefficient (Wildman–Crippen LogP) is 3.73. The van der Waals surface area contributed by atoms with Gasteiger partial charge in [0.15, 0.2) is 11.6 Å². The van der Waals surface area contributed by atoms with Crippen LogP contribution in [0.3, 0.4) is 0 Å². The average Bonchev–Trinajstić information content (AvgIpc) is 3.27. The molecular weight excluding hydrogens is 371 g/mol. The SMILES string of the molecule is O=C(Cc1ccccc1F)Nc1ccc(Nc2ccc(-n3cccn3)nn2)cc1. The number of aromatic nitrogens is 4. The van der Waals surface area contributed by atoms with Crippen LogP contribution < -0.4 is 10.6 Å². The standard InChI is InChI=1S/C21H17FN6O/c22-18-5-2-1-4-15(18)14-21(29)25-17-8-6-16(7-9-17)24-19-10-11-20(27-26-19)28-13-3-12-23-28/h1-13H,14H2,(H,24,26)(H,25,29). The van der Waals surface area contributed by atoms with Crippen molar-refractivity contribution < 1.29 is 9.18 Å². The molecule has 4 aromatic rings. The fourth-order valence-electron chi connectivity index (χ4n) is 2.72. The molecule has 2 aromatic carbocycles. The summed E-state index contributed by atoms with van der Waals surface area (Å²) < 4.78 is 15.3. The summed E-state index contributed by atoms with van der Waals surface area (Å²) in [5.74, 6) is 0.531. The first-order chi connectivity index (χ1) is 14.2. The minimum absolute atomic E-state index is 0.0230. The van der Waals surface area contributed by atoms with Crippen LogP contribution in [0.25, 0.3) is 5.82 Å². The van der Waals surface area contributed by atoms with Crippen LogP contribution in [0.1, 0.15) is 5.56 Å². The van der Waals surface area contributed by atoms with E-state index in [1.807, 2.05) is 18.2 Å². The molecule has 0 spiro atoms. The van der Waals surface area contributed by atoms with E-state index >= 15 is 0 Å². The Hall–Kier alpha value is -4.07. The highest BCUT2D eigenvalue weighted by Crippen LogP contribution is 2.18. The normalized spacial score (nSPS) is 10.5. The van der Waals surface area contributed by atoms with E-state index in [-0.39, 0.29) is 18.1 Å². The Morgan fingerprint density at radius 2 is 1.72 bits per heavy atom. The van der Waals surface area contributed by atoms with E-state index in [1.165, 1.54) is 6.07 Å². The third-order valence-corrected chi connectivity index (χ3v) is 4.14. The summed E-state index contributed by atoms with van der Waals surface area (Å²) in [4.78, 5) is 12.1. The van der Waals surface area contributed by atoms with Gasteiger partial charge in [-0.1, -0.05) is 18.2 Å². The van der Waals surface area contributed by atoms with Gasteiger partial charge in [-0.25, -0.2) is 9.07 Å². The lowest BCUT2D eigenvalue weighted by Crippen LogP contribution is -2.15. The van der Waals surface area contributed by atoms with E-state index in [2.05, 4.69) is 25.9 Å². The number of anilines is 3. The zero-order valence-electron chi connectivity index (χ0n) is 15.3. The van der Waals surface area contributed by atoms with Crippen LogP contribution in [-0.2, 0) is 11.2 Å². The maximum atomic E-state index is 13.6. The van der Waals surface area contributed by atoms with E-state index in [4.69, 9.17) is 0 Å². The fourth-order valence-corrected chi connectivity index (χ4v) is 2.72. The van der Waals surface area contributed by atoms with E-state index < -0.39 is 0 Å². The molecule has 8 heteroatoms. The predicted molar refractivity (Wildman–Crippen MR) is 108 cm³/mol. The lowest BCUT2D eigenvalue weighted by atomic mass is 10.1. The van der Waals surface area contributed by atoms with Gasteiger partial charge in [0.2, 0.25) is 5.91 Å². The number of benzene rings is 2. The van der Waals surface area contributed by atoms with Crippen molar-refractivity contribution in [3.8, 4) is 5.82 Å². The van der Waals surface area contributed by atoms with Gasteiger partial charge in [-0.05, 0) is 54.1 Å². The second-order valence-electron chi connectivity index (χ2n) is 6.25. The number of nitrogens with zero attached hydrogens (tertiary/aromatic N) is 4. The Labute approximate surface area is 166 Å². The molecule has 2 N–H and O–H groups in total. The number of carbonyl (C=O) groups excluding carboxylic acids is 1. The van der Waals surface area contributed by atoms with Gasteiger partial charge in [-0.3, -0.25) is 4.79 Å². The largest absolute Gasteiger partial charge is 0.339 e. The fraction of sp³-hybridized carbons (Fsp3) is 0.0476. The van der Waals surface area contributed by atoms with Crippen molar-refractivity contribution in [1.82, 2.24) is 20.0 Å². The Balaban J connectivity index is 1.35. The third-order valence-electron chi connectivity index (χ3n) is 4.14. The summed E-state index contributed by atoms with van der Waals surface area (Å²) in [6.45, 7) is 0. The Morgan fingerprint density at radius 3 is 2.41 bits per heavy atom. The lowest BCUT2D eigenvalue weighted by Gasteiger charge is -2.09. The summed E-state index contributed by atoms with van der Waals surface area (Å²) in [7, 11) is 0. The molecule has 0 aliphatic heterocycles. The first kappa shape index (κ1) is 18.3. The second-order valence-corrected chi connectivity index (χ2v) is 6.25. The van der Waals surface area contributed by atoms with E-state index in [9.17, 15) is 9.18 Å². The molecule has 7 nitrogen and oxygen atoms in total. The molecule has 0 radical (unpaired) electrons. The first-order valence-electron chi connectivity index (χ1n) is 8.91. The molecule has 144 valence electrons. The summed E-state index contributed by atoms with van der Waals surface area (Å²) in [6, 6.07) is 18.8. The monoisotopic (exact) mass is 388 g/mol. The Kier molecular flexibility index (Phi) is 5.24. The molecule has 0 saturated carbocycles. The van der Waals surface area contributed by atoms with Crippen LogP contribution >= 0.6 is 0 Å². The van der Waals surface area contributed by atoms with Crippen molar-refractivity contribution in [3.05, 3.63) is 90.5 Å². The summed E-state index contributed by atoms with van der Waals surface area (Å²) in [6.07, 6.45) is 3.44. The minimum atomic E-state index is -0.387. The minimum Gasteiger partial charge on any atom is -0.339 e. The van der Waals surface area contributed by atoms with Gasteiger partial charge >= 0.3 is 0 Å². The molecule has 0 unspecified atom stereocenters. The van der Waals surface area contributed by atoms with Gasteiger partial charge < -0.3 is 10.6 Å². The zero-order chi connectivity index (χ0) is 20.1. The molecule has 2 aromatic heterocycles. The molecule has 0 bridgehead atoms. The van der Waals surface area contributed by atoms with E-state index in [0.717, 1.165) is 5.69 Å². The highest BCUT2D eigenvalue weighted by molar-refractivity contribution is 5.92. The molecule has 4 rings (SSSR count). The number of nitrogens with one attached hydrogen (secondary N) is 2. The van der Waals surface area contributed by atoms with E-state index in [1.54, 1.807) is 59.5 Å².